The highest BCUT2D eigenvalue weighted by Gasteiger charge is 2.54. The van der Waals surface area contributed by atoms with Crippen LogP contribution in [-0.2, 0) is 31.4 Å². The molecule has 1 aromatic carbocycles. The summed E-state index contributed by atoms with van der Waals surface area (Å²) < 4.78 is 23.7. The minimum Gasteiger partial charge on any atom is -0.337 e. The van der Waals surface area contributed by atoms with Crippen LogP contribution in [0.1, 0.15) is 43.7 Å². The Kier molecular flexibility index (Phi) is 5.34. The van der Waals surface area contributed by atoms with Crippen LogP contribution in [-0.4, -0.2) is 66.7 Å². The molecule has 1 aromatic rings. The number of urea groups is 1. The number of carbonyl (C=O) groups excluding carboxylic acids is 3. The second-order valence-electron chi connectivity index (χ2n) is 8.38. The molecule has 0 radical (unpaired) electrons. The molecular formula is C21H27N3O5S. The van der Waals surface area contributed by atoms with E-state index in [2.05, 4.69) is 5.32 Å². The van der Waals surface area contributed by atoms with Gasteiger partial charge in [-0.05, 0) is 43.2 Å². The fourth-order valence-corrected chi connectivity index (χ4v) is 6.68. The number of benzene rings is 1. The molecule has 9 heteroatoms. The number of fused-ring (bicyclic) bond motifs is 2. The first-order valence-corrected chi connectivity index (χ1v) is 12.3. The van der Waals surface area contributed by atoms with Gasteiger partial charge in [-0.15, -0.1) is 0 Å². The summed E-state index contributed by atoms with van der Waals surface area (Å²) >= 11 is 0. The van der Waals surface area contributed by atoms with Gasteiger partial charge >= 0.3 is 6.03 Å². The number of carbonyl (C=O) groups is 3. The molecule has 162 valence electrons. The second kappa shape index (κ2) is 7.68. The highest BCUT2D eigenvalue weighted by Crippen LogP contribution is 2.39. The van der Waals surface area contributed by atoms with E-state index in [0.717, 1.165) is 28.9 Å². The summed E-state index contributed by atoms with van der Waals surface area (Å²) in [7, 11) is -3.15. The summed E-state index contributed by atoms with van der Waals surface area (Å²) in [6.45, 7) is 1.94. The third kappa shape index (κ3) is 3.49. The minimum atomic E-state index is -3.15. The molecule has 3 aliphatic rings. The van der Waals surface area contributed by atoms with Crippen molar-refractivity contribution in [1.29, 1.82) is 0 Å². The van der Waals surface area contributed by atoms with Crippen LogP contribution in [0.3, 0.4) is 0 Å². The first-order valence-electron chi connectivity index (χ1n) is 10.5. The Morgan fingerprint density at radius 3 is 2.77 bits per heavy atom. The number of amides is 4. The number of aryl methyl sites for hydroxylation is 1. The molecule has 2 saturated heterocycles. The number of hydrogen-bond donors (Lipinski definition) is 1. The van der Waals surface area contributed by atoms with Gasteiger partial charge in [-0.1, -0.05) is 31.2 Å². The van der Waals surface area contributed by atoms with E-state index in [-0.39, 0.29) is 24.0 Å². The Balaban J connectivity index is 1.56. The fraction of sp³-hybridized carbons (Fsp3) is 0.571. The van der Waals surface area contributed by atoms with Gasteiger partial charge in [-0.25, -0.2) is 13.2 Å². The van der Waals surface area contributed by atoms with Crippen molar-refractivity contribution in [1.82, 2.24) is 15.1 Å². The minimum absolute atomic E-state index is 0.0593. The molecule has 0 aromatic heterocycles. The SMILES string of the molecule is CCCN(C(=O)CN1C(=O)N[C@]2(CCCc3ccccc32)C1=O)[C@H]1CCS(=O)(=O)C1. The van der Waals surface area contributed by atoms with E-state index in [4.69, 9.17) is 0 Å². The summed E-state index contributed by atoms with van der Waals surface area (Å²) in [4.78, 5) is 41.7. The van der Waals surface area contributed by atoms with E-state index in [9.17, 15) is 22.8 Å². The van der Waals surface area contributed by atoms with Gasteiger partial charge in [-0.3, -0.25) is 14.5 Å². The van der Waals surface area contributed by atoms with E-state index in [1.165, 1.54) is 4.90 Å². The molecule has 1 aliphatic carbocycles. The third-order valence-corrected chi connectivity index (χ3v) is 8.13. The van der Waals surface area contributed by atoms with Gasteiger partial charge in [0.05, 0.1) is 11.5 Å². The van der Waals surface area contributed by atoms with Gasteiger partial charge in [-0.2, -0.15) is 0 Å². The van der Waals surface area contributed by atoms with Gasteiger partial charge < -0.3 is 10.2 Å². The maximum atomic E-state index is 13.4. The molecule has 8 nitrogen and oxygen atoms in total. The largest absolute Gasteiger partial charge is 0.337 e. The Morgan fingerprint density at radius 2 is 2.07 bits per heavy atom. The second-order valence-corrected chi connectivity index (χ2v) is 10.6. The van der Waals surface area contributed by atoms with Crippen molar-refractivity contribution in [3.63, 3.8) is 0 Å². The molecule has 1 N–H and O–H groups in total. The van der Waals surface area contributed by atoms with E-state index in [0.29, 0.717) is 25.8 Å². The van der Waals surface area contributed by atoms with Crippen molar-refractivity contribution in [2.45, 2.75) is 50.6 Å². The highest BCUT2D eigenvalue weighted by atomic mass is 32.2. The smallest absolute Gasteiger partial charge is 0.325 e. The maximum absolute atomic E-state index is 13.4. The highest BCUT2D eigenvalue weighted by molar-refractivity contribution is 7.91. The first kappa shape index (κ1) is 20.8. The number of rotatable bonds is 5. The lowest BCUT2D eigenvalue weighted by atomic mass is 9.76. The third-order valence-electron chi connectivity index (χ3n) is 6.38. The Hall–Kier alpha value is -2.42. The van der Waals surface area contributed by atoms with Crippen molar-refractivity contribution in [2.24, 2.45) is 0 Å². The molecule has 2 atom stereocenters. The van der Waals surface area contributed by atoms with Crippen LogP contribution in [0.4, 0.5) is 4.79 Å². The average Bonchev–Trinajstić information content (AvgIpc) is 3.18. The molecular weight excluding hydrogens is 406 g/mol. The zero-order valence-corrected chi connectivity index (χ0v) is 17.9. The number of nitrogens with zero attached hydrogens (tertiary/aromatic N) is 2. The van der Waals surface area contributed by atoms with E-state index in [1.807, 2.05) is 31.2 Å². The van der Waals surface area contributed by atoms with Gasteiger partial charge in [0.1, 0.15) is 12.1 Å². The van der Waals surface area contributed by atoms with Crippen LogP contribution in [0.5, 0.6) is 0 Å². The maximum Gasteiger partial charge on any atom is 0.325 e. The molecule has 1 spiro atoms. The topological polar surface area (TPSA) is 104 Å². The first-order chi connectivity index (χ1) is 14.3. The van der Waals surface area contributed by atoms with Crippen molar-refractivity contribution in [3.8, 4) is 0 Å². The van der Waals surface area contributed by atoms with Crippen LogP contribution in [0.25, 0.3) is 0 Å². The van der Waals surface area contributed by atoms with E-state index in [1.54, 1.807) is 0 Å². The Morgan fingerprint density at radius 1 is 1.30 bits per heavy atom. The number of imide groups is 1. The lowest BCUT2D eigenvalue weighted by Gasteiger charge is -2.33. The molecule has 2 heterocycles. The van der Waals surface area contributed by atoms with E-state index < -0.39 is 33.4 Å². The normalized spacial score (nSPS) is 27.2. The lowest BCUT2D eigenvalue weighted by molar-refractivity contribution is -0.140. The van der Waals surface area contributed by atoms with Gasteiger partial charge in [0.2, 0.25) is 5.91 Å². The lowest BCUT2D eigenvalue weighted by Crippen LogP contribution is -2.49. The molecule has 30 heavy (non-hydrogen) atoms. The van der Waals surface area contributed by atoms with Gasteiger partial charge in [0.25, 0.3) is 5.91 Å². The predicted molar refractivity (Wildman–Crippen MR) is 110 cm³/mol. The molecule has 0 saturated carbocycles. The number of nitrogens with one attached hydrogen (secondary N) is 1. The molecule has 4 amide bonds. The molecule has 2 aliphatic heterocycles. The Labute approximate surface area is 176 Å². The van der Waals surface area contributed by atoms with Crippen LogP contribution >= 0.6 is 0 Å². The monoisotopic (exact) mass is 433 g/mol. The van der Waals surface area contributed by atoms with Crippen LogP contribution in [0.2, 0.25) is 0 Å². The van der Waals surface area contributed by atoms with Crippen molar-refractivity contribution in [3.05, 3.63) is 35.4 Å². The zero-order chi connectivity index (χ0) is 21.5. The summed E-state index contributed by atoms with van der Waals surface area (Å²) in [6, 6.07) is 6.63. The molecule has 4 rings (SSSR count). The fourth-order valence-electron chi connectivity index (χ4n) is 4.95. The zero-order valence-electron chi connectivity index (χ0n) is 17.1. The summed E-state index contributed by atoms with van der Waals surface area (Å²) in [5.74, 6) is -0.781. The van der Waals surface area contributed by atoms with Crippen LogP contribution in [0, 0.1) is 0 Å². The quantitative estimate of drug-likeness (QED) is 0.703. The predicted octanol–water partition coefficient (Wildman–Crippen LogP) is 1.20. The average molecular weight is 434 g/mol. The van der Waals surface area contributed by atoms with E-state index >= 15 is 0 Å². The molecule has 0 bridgehead atoms. The molecule has 2 fully saturated rings. The number of hydrogen-bond acceptors (Lipinski definition) is 5. The van der Waals surface area contributed by atoms with Crippen molar-refractivity contribution < 1.29 is 22.8 Å². The number of sulfone groups is 1. The van der Waals surface area contributed by atoms with Crippen LogP contribution in [0.15, 0.2) is 24.3 Å². The van der Waals surface area contributed by atoms with Crippen molar-refractivity contribution >= 4 is 27.7 Å². The van der Waals surface area contributed by atoms with Gasteiger partial charge in [0.15, 0.2) is 9.84 Å². The standard InChI is InChI=1S/C21H27N3O5S/c1-2-11-23(16-9-12-30(28,29)14-16)18(25)13-24-19(26)21(22-20(24)27)10-5-7-15-6-3-4-8-17(15)21/h3-4,6,8,16H,2,5,7,9-14H2,1H3,(H,22,27)/t16-,21-/m0/s1. The van der Waals surface area contributed by atoms with Gasteiger partial charge in [0, 0.05) is 12.6 Å². The molecule has 0 unspecified atom stereocenters. The summed E-state index contributed by atoms with van der Waals surface area (Å²) in [5.41, 5.74) is 0.726. The Bertz CT molecular complexity index is 992. The van der Waals surface area contributed by atoms with Crippen LogP contribution < -0.4 is 5.32 Å². The summed E-state index contributed by atoms with van der Waals surface area (Å²) in [5, 5.41) is 2.86. The summed E-state index contributed by atoms with van der Waals surface area (Å²) in [6.07, 6.45) is 3.18. The van der Waals surface area contributed by atoms with Crippen molar-refractivity contribution in [2.75, 3.05) is 24.6 Å².